The van der Waals surface area contributed by atoms with Crippen molar-refractivity contribution in [2.24, 2.45) is 7.05 Å². The lowest BCUT2D eigenvalue weighted by molar-refractivity contribution is -0.631. The molecule has 0 atom stereocenters. The van der Waals surface area contributed by atoms with Gasteiger partial charge in [-0.05, 0) is 35.4 Å². The van der Waals surface area contributed by atoms with E-state index in [1.165, 1.54) is 32.1 Å². The number of pyridine rings is 1. The molecular weight excluding hydrogens is 364 g/mol. The first-order valence-corrected chi connectivity index (χ1v) is 10.3. The van der Waals surface area contributed by atoms with Crippen LogP contribution in [-0.2, 0) is 13.5 Å². The quantitative estimate of drug-likeness (QED) is 0.261. The molecule has 2 aromatic heterocycles. The van der Waals surface area contributed by atoms with Crippen LogP contribution in [0.15, 0.2) is 41.8 Å². The fraction of sp³-hybridized carbons (Fsp3) is 0.250. The van der Waals surface area contributed by atoms with Crippen LogP contribution in [0, 0.1) is 13.5 Å². The maximum absolute atomic E-state index is 7.63. The first-order valence-electron chi connectivity index (χ1n) is 9.42. The zero-order valence-electron chi connectivity index (χ0n) is 16.5. The second-order valence-electron chi connectivity index (χ2n) is 8.17. The Morgan fingerprint density at radius 3 is 2.79 bits per heavy atom. The smallest absolute Gasteiger partial charge is 0.269 e. The predicted molar refractivity (Wildman–Crippen MR) is 115 cm³/mol. The fourth-order valence-corrected chi connectivity index (χ4v) is 5.20. The normalized spacial score (nSPS) is 12.7. The van der Waals surface area contributed by atoms with E-state index in [0.29, 0.717) is 6.42 Å². The number of benzene rings is 2. The predicted octanol–water partition coefficient (Wildman–Crippen LogP) is 6.20. The largest absolute Gasteiger partial charge is 0.449 e. The van der Waals surface area contributed by atoms with Gasteiger partial charge in [-0.25, -0.2) is 6.57 Å². The summed E-state index contributed by atoms with van der Waals surface area (Å²) in [6.45, 7) is 13.8. The summed E-state index contributed by atoms with van der Waals surface area (Å²) in [6.07, 6.45) is 0.657. The van der Waals surface area contributed by atoms with E-state index in [1.54, 1.807) is 11.3 Å². The average molecular weight is 386 g/mol. The summed E-state index contributed by atoms with van der Waals surface area (Å²) in [4.78, 5) is 5.09. The van der Waals surface area contributed by atoms with E-state index in [-0.39, 0.29) is 0 Å². The maximum Gasteiger partial charge on any atom is 0.269 e. The lowest BCUT2D eigenvalue weighted by Gasteiger charge is -2.24. The third kappa shape index (κ3) is 2.30. The maximum atomic E-state index is 7.63. The lowest BCUT2D eigenvalue weighted by atomic mass is 9.88. The van der Waals surface area contributed by atoms with Gasteiger partial charge in [0.2, 0.25) is 11.3 Å². The molecule has 2 aromatic carbocycles. The summed E-state index contributed by atoms with van der Waals surface area (Å²) in [5, 5.41) is 5.69. The zero-order valence-corrected chi connectivity index (χ0v) is 17.3. The van der Waals surface area contributed by atoms with Crippen LogP contribution in [0.5, 0.6) is 11.5 Å². The van der Waals surface area contributed by atoms with Crippen molar-refractivity contribution in [1.82, 2.24) is 0 Å². The Morgan fingerprint density at radius 2 is 2.00 bits per heavy atom. The number of fused-ring (bicyclic) bond motifs is 3. The summed E-state index contributed by atoms with van der Waals surface area (Å²) in [5.74, 6) is 1.81. The van der Waals surface area contributed by atoms with Gasteiger partial charge < -0.3 is 9.58 Å². The Kier molecular flexibility index (Phi) is 3.56. The zero-order chi connectivity index (χ0) is 19.6. The molecule has 0 saturated heterocycles. The molecule has 4 heteroatoms. The molecule has 5 rings (SSSR count). The van der Waals surface area contributed by atoms with Crippen molar-refractivity contribution in [2.45, 2.75) is 32.7 Å². The Balaban J connectivity index is 1.95. The van der Waals surface area contributed by atoms with Gasteiger partial charge in [0.25, 0.3) is 10.5 Å². The molecule has 0 bridgehead atoms. The minimum absolute atomic E-state index is 0.482. The SMILES string of the molecule is [C-]#[N+]C(C)(C)Cc1c2c([n+](C)c3sccc13)-c1c(C)ccc3cccc(c13)O2. The summed E-state index contributed by atoms with van der Waals surface area (Å²) in [6, 6.07) is 12.8. The Labute approximate surface area is 168 Å². The molecular formula is C24H21N2OS+. The first kappa shape index (κ1) is 17.2. The number of ether oxygens (including phenoxy) is 1. The second-order valence-corrected chi connectivity index (χ2v) is 9.06. The van der Waals surface area contributed by atoms with Gasteiger partial charge in [-0.2, -0.15) is 4.57 Å². The van der Waals surface area contributed by atoms with Crippen LogP contribution in [0.2, 0.25) is 0 Å². The topological polar surface area (TPSA) is 17.5 Å². The van der Waals surface area contributed by atoms with Crippen molar-refractivity contribution in [3.8, 4) is 22.8 Å². The number of thiophene rings is 1. The molecule has 0 fully saturated rings. The molecule has 3 nitrogen and oxygen atoms in total. The van der Waals surface area contributed by atoms with Crippen LogP contribution in [-0.4, -0.2) is 5.54 Å². The van der Waals surface area contributed by atoms with E-state index in [2.05, 4.69) is 59.1 Å². The molecule has 0 amide bonds. The minimum Gasteiger partial charge on any atom is -0.449 e. The highest BCUT2D eigenvalue weighted by atomic mass is 32.1. The van der Waals surface area contributed by atoms with Gasteiger partial charge >= 0.3 is 0 Å². The van der Waals surface area contributed by atoms with Crippen molar-refractivity contribution in [2.75, 3.05) is 0 Å². The van der Waals surface area contributed by atoms with Crippen LogP contribution in [0.25, 0.3) is 37.1 Å². The van der Waals surface area contributed by atoms with Crippen molar-refractivity contribution in [3.63, 3.8) is 0 Å². The summed E-state index contributed by atoms with van der Waals surface area (Å²) >= 11 is 1.74. The van der Waals surface area contributed by atoms with Crippen molar-refractivity contribution >= 4 is 32.3 Å². The Hall–Kier alpha value is -2.90. The molecule has 28 heavy (non-hydrogen) atoms. The molecule has 1 aliphatic heterocycles. The molecule has 138 valence electrons. The van der Waals surface area contributed by atoms with Gasteiger partial charge in [0.05, 0.1) is 17.4 Å². The fourth-order valence-electron chi connectivity index (χ4n) is 4.30. The third-order valence-electron chi connectivity index (χ3n) is 5.68. The number of nitrogens with zero attached hydrogens (tertiary/aromatic N) is 2. The number of rotatable bonds is 2. The molecule has 0 spiro atoms. The van der Waals surface area contributed by atoms with Gasteiger partial charge in [-0.15, -0.1) is 0 Å². The molecule has 3 heterocycles. The summed E-state index contributed by atoms with van der Waals surface area (Å²) < 4.78 is 8.83. The van der Waals surface area contributed by atoms with Crippen LogP contribution in [0.1, 0.15) is 25.0 Å². The highest BCUT2D eigenvalue weighted by Crippen LogP contribution is 2.50. The number of aryl methyl sites for hydroxylation is 2. The van der Waals surface area contributed by atoms with Crippen LogP contribution >= 0.6 is 11.3 Å². The van der Waals surface area contributed by atoms with E-state index in [1.807, 2.05) is 19.9 Å². The summed E-state index contributed by atoms with van der Waals surface area (Å²) in [7, 11) is 2.12. The van der Waals surface area contributed by atoms with Gasteiger partial charge in [-0.3, -0.25) is 0 Å². The lowest BCUT2D eigenvalue weighted by Crippen LogP contribution is -2.34. The van der Waals surface area contributed by atoms with E-state index in [4.69, 9.17) is 11.3 Å². The van der Waals surface area contributed by atoms with Crippen molar-refractivity contribution in [3.05, 3.63) is 64.3 Å². The van der Waals surface area contributed by atoms with Crippen molar-refractivity contribution in [1.29, 1.82) is 0 Å². The molecule has 0 unspecified atom stereocenters. The molecule has 0 N–H and O–H groups in total. The number of aromatic nitrogens is 1. The van der Waals surface area contributed by atoms with E-state index < -0.39 is 5.54 Å². The third-order valence-corrected chi connectivity index (χ3v) is 6.66. The van der Waals surface area contributed by atoms with Crippen LogP contribution < -0.4 is 9.30 Å². The van der Waals surface area contributed by atoms with Crippen molar-refractivity contribution < 1.29 is 9.30 Å². The minimum atomic E-state index is -0.482. The Bertz CT molecular complexity index is 1320. The Morgan fingerprint density at radius 1 is 1.18 bits per heavy atom. The first-order chi connectivity index (χ1) is 13.4. The summed E-state index contributed by atoms with van der Waals surface area (Å²) in [5.41, 5.74) is 4.26. The van der Waals surface area contributed by atoms with Gasteiger partial charge in [0.15, 0.2) is 0 Å². The highest BCUT2D eigenvalue weighted by Gasteiger charge is 2.37. The monoisotopic (exact) mass is 385 g/mol. The van der Waals surface area contributed by atoms with Crippen LogP contribution in [0.4, 0.5) is 0 Å². The molecule has 1 aliphatic rings. The van der Waals surface area contributed by atoms with E-state index >= 15 is 0 Å². The van der Waals surface area contributed by atoms with Crippen LogP contribution in [0.3, 0.4) is 0 Å². The molecule has 0 saturated carbocycles. The second kappa shape index (κ2) is 5.80. The standard InChI is InChI=1S/C24H21N2OS/c1-14-9-10-15-7-6-8-18-20(15)19(14)21-22(27-18)17(13-24(2,3)25-4)16-11-12-28-23(16)26(21)5/h6-12H,13H2,1-3,5H3/q+1. The van der Waals surface area contributed by atoms with Gasteiger partial charge in [-0.1, -0.05) is 35.6 Å². The highest BCUT2D eigenvalue weighted by molar-refractivity contribution is 7.16. The molecule has 0 aliphatic carbocycles. The van der Waals surface area contributed by atoms with Gasteiger partial charge in [0.1, 0.15) is 12.8 Å². The molecule has 0 radical (unpaired) electrons. The van der Waals surface area contributed by atoms with Gasteiger partial charge in [0, 0.05) is 24.8 Å². The molecule has 4 aromatic rings. The van der Waals surface area contributed by atoms with E-state index in [9.17, 15) is 0 Å². The number of hydrogen-bond acceptors (Lipinski definition) is 2. The average Bonchev–Trinajstić information content (AvgIpc) is 3.17. The van der Waals surface area contributed by atoms with E-state index in [0.717, 1.165) is 22.8 Å². The number of hydrogen-bond donors (Lipinski definition) is 0.